The van der Waals surface area contributed by atoms with E-state index in [0.717, 1.165) is 25.9 Å². The topological polar surface area (TPSA) is 75.4 Å². The first kappa shape index (κ1) is 18.3. The Hall–Kier alpha value is -3.03. The quantitative estimate of drug-likeness (QED) is 0.751. The van der Waals surface area contributed by atoms with E-state index in [2.05, 4.69) is 20.6 Å². The first-order chi connectivity index (χ1) is 13.5. The van der Waals surface area contributed by atoms with Crippen molar-refractivity contribution in [2.75, 3.05) is 18.4 Å². The van der Waals surface area contributed by atoms with Crippen LogP contribution in [0.4, 0.5) is 10.2 Å². The lowest BCUT2D eigenvalue weighted by Crippen LogP contribution is -2.44. The molecule has 146 valence electrons. The molecule has 0 bridgehead atoms. The zero-order valence-corrected chi connectivity index (χ0v) is 16.0. The van der Waals surface area contributed by atoms with Crippen molar-refractivity contribution < 1.29 is 9.18 Å². The summed E-state index contributed by atoms with van der Waals surface area (Å²) in [5.74, 6) is 0.919. The van der Waals surface area contributed by atoms with E-state index in [4.69, 9.17) is 0 Å². The second-order valence-corrected chi connectivity index (χ2v) is 7.39. The summed E-state index contributed by atoms with van der Waals surface area (Å²) in [6, 6.07) is 10.3. The summed E-state index contributed by atoms with van der Waals surface area (Å²) < 4.78 is 15.7. The molecule has 0 saturated carbocycles. The summed E-state index contributed by atoms with van der Waals surface area (Å²) in [6.45, 7) is 5.34. The van der Waals surface area contributed by atoms with Gasteiger partial charge in [-0.15, -0.1) is 15.3 Å². The highest BCUT2D eigenvalue weighted by molar-refractivity contribution is 5.78. The molecular weight excluding hydrogens is 359 g/mol. The summed E-state index contributed by atoms with van der Waals surface area (Å²) in [5, 5.41) is 16.2. The van der Waals surface area contributed by atoms with Crippen LogP contribution in [0.1, 0.15) is 26.7 Å². The predicted octanol–water partition coefficient (Wildman–Crippen LogP) is 2.99. The largest absolute Gasteiger partial charge is 0.366 e. The van der Waals surface area contributed by atoms with Crippen molar-refractivity contribution in [3.63, 3.8) is 0 Å². The molecule has 1 aliphatic heterocycles. The van der Waals surface area contributed by atoms with Gasteiger partial charge in [-0.1, -0.05) is 26.0 Å². The fraction of sp³-hybridized carbons (Fsp3) is 0.400. The second-order valence-electron chi connectivity index (χ2n) is 7.39. The molecule has 1 fully saturated rings. The molecule has 1 saturated heterocycles. The lowest BCUT2D eigenvalue weighted by molar-refractivity contribution is -0.135. The highest BCUT2D eigenvalue weighted by Crippen LogP contribution is 2.22. The molecular formula is C20H23FN6O. The summed E-state index contributed by atoms with van der Waals surface area (Å²) in [7, 11) is 0. The van der Waals surface area contributed by atoms with Crippen molar-refractivity contribution in [1.82, 2.24) is 24.7 Å². The van der Waals surface area contributed by atoms with E-state index in [-0.39, 0.29) is 23.7 Å². The van der Waals surface area contributed by atoms with Gasteiger partial charge in [-0.25, -0.2) is 4.39 Å². The smallest absolute Gasteiger partial charge is 0.225 e. The molecule has 0 aliphatic carbocycles. The molecule has 7 nitrogen and oxygen atoms in total. The van der Waals surface area contributed by atoms with Crippen molar-refractivity contribution in [3.05, 3.63) is 42.2 Å². The van der Waals surface area contributed by atoms with Gasteiger partial charge in [0.15, 0.2) is 11.5 Å². The zero-order valence-electron chi connectivity index (χ0n) is 16.0. The number of hydrogen-bond donors (Lipinski definition) is 1. The molecule has 3 heterocycles. The van der Waals surface area contributed by atoms with Gasteiger partial charge in [-0.3, -0.25) is 4.79 Å². The highest BCUT2D eigenvalue weighted by Gasteiger charge is 2.24. The number of aromatic nitrogens is 4. The van der Waals surface area contributed by atoms with Gasteiger partial charge < -0.3 is 10.2 Å². The number of fused-ring (bicyclic) bond motifs is 1. The Balaban J connectivity index is 1.51. The number of rotatable bonds is 4. The Morgan fingerprint density at radius 3 is 2.61 bits per heavy atom. The molecule has 1 aromatic carbocycles. The maximum absolute atomic E-state index is 14.2. The third kappa shape index (κ3) is 3.54. The number of likely N-dealkylation sites (tertiary alicyclic amines) is 1. The Kier molecular flexibility index (Phi) is 4.93. The Bertz CT molecular complexity index is 993. The Morgan fingerprint density at radius 2 is 1.89 bits per heavy atom. The molecule has 0 atom stereocenters. The maximum Gasteiger partial charge on any atom is 0.225 e. The van der Waals surface area contributed by atoms with Gasteiger partial charge in [0.2, 0.25) is 5.91 Å². The number of carbonyl (C=O) groups is 1. The number of hydrogen-bond acceptors (Lipinski definition) is 5. The number of nitrogens with zero attached hydrogens (tertiary/aromatic N) is 5. The number of amides is 1. The van der Waals surface area contributed by atoms with Gasteiger partial charge in [0.25, 0.3) is 0 Å². The third-order valence-electron chi connectivity index (χ3n) is 5.03. The first-order valence-corrected chi connectivity index (χ1v) is 9.55. The minimum Gasteiger partial charge on any atom is -0.366 e. The maximum atomic E-state index is 14.2. The highest BCUT2D eigenvalue weighted by atomic mass is 19.1. The van der Waals surface area contributed by atoms with Gasteiger partial charge in [0.1, 0.15) is 11.6 Å². The molecule has 0 radical (unpaired) electrons. The molecule has 1 amide bonds. The van der Waals surface area contributed by atoms with Crippen LogP contribution < -0.4 is 5.32 Å². The van der Waals surface area contributed by atoms with Crippen LogP contribution in [0.25, 0.3) is 17.0 Å². The molecule has 28 heavy (non-hydrogen) atoms. The van der Waals surface area contributed by atoms with Crippen LogP contribution in [0.3, 0.4) is 0 Å². The van der Waals surface area contributed by atoms with Crippen LogP contribution in [0.15, 0.2) is 36.4 Å². The molecule has 3 aromatic rings. The van der Waals surface area contributed by atoms with Crippen LogP contribution in [-0.4, -0.2) is 49.7 Å². The molecule has 0 unspecified atom stereocenters. The fourth-order valence-electron chi connectivity index (χ4n) is 3.49. The van der Waals surface area contributed by atoms with E-state index < -0.39 is 0 Å². The normalized spacial score (nSPS) is 15.4. The lowest BCUT2D eigenvalue weighted by atomic mass is 10.0. The molecule has 2 aromatic heterocycles. The van der Waals surface area contributed by atoms with E-state index in [1.807, 2.05) is 30.9 Å². The number of anilines is 1. The van der Waals surface area contributed by atoms with Crippen LogP contribution in [0, 0.1) is 11.7 Å². The number of nitrogens with one attached hydrogen (secondary N) is 1. The Morgan fingerprint density at radius 1 is 1.14 bits per heavy atom. The summed E-state index contributed by atoms with van der Waals surface area (Å²) in [5.41, 5.74) is 0.918. The number of piperidine rings is 1. The van der Waals surface area contributed by atoms with E-state index in [9.17, 15) is 9.18 Å². The van der Waals surface area contributed by atoms with Gasteiger partial charge in [0.05, 0.1) is 5.56 Å². The third-order valence-corrected chi connectivity index (χ3v) is 5.03. The van der Waals surface area contributed by atoms with E-state index in [1.54, 1.807) is 22.7 Å². The molecule has 0 spiro atoms. The van der Waals surface area contributed by atoms with Crippen LogP contribution in [-0.2, 0) is 4.79 Å². The summed E-state index contributed by atoms with van der Waals surface area (Å²) in [4.78, 5) is 14.1. The Labute approximate surface area is 162 Å². The van der Waals surface area contributed by atoms with Crippen LogP contribution in [0.5, 0.6) is 0 Å². The standard InChI is InChI=1S/C20H23FN6O/c1-13(2)20(28)26-11-9-14(10-12-26)22-17-7-8-18-23-24-19(27(18)25-17)15-5-3-4-6-16(15)21/h3-8,13-14H,9-12H2,1-2H3,(H,22,25). The summed E-state index contributed by atoms with van der Waals surface area (Å²) >= 11 is 0. The van der Waals surface area contributed by atoms with Gasteiger partial charge in [0, 0.05) is 25.0 Å². The number of halogens is 1. The minimum absolute atomic E-state index is 0.0270. The van der Waals surface area contributed by atoms with Crippen molar-refractivity contribution >= 4 is 17.4 Å². The van der Waals surface area contributed by atoms with Gasteiger partial charge in [-0.05, 0) is 37.1 Å². The minimum atomic E-state index is -0.362. The van der Waals surface area contributed by atoms with E-state index in [1.165, 1.54) is 6.07 Å². The van der Waals surface area contributed by atoms with E-state index in [0.29, 0.717) is 22.9 Å². The average molecular weight is 382 g/mol. The lowest BCUT2D eigenvalue weighted by Gasteiger charge is -2.33. The van der Waals surface area contributed by atoms with Crippen LogP contribution in [0.2, 0.25) is 0 Å². The molecule has 8 heteroatoms. The molecule has 4 rings (SSSR count). The van der Waals surface area contributed by atoms with Gasteiger partial charge >= 0.3 is 0 Å². The summed E-state index contributed by atoms with van der Waals surface area (Å²) in [6.07, 6.45) is 1.72. The first-order valence-electron chi connectivity index (χ1n) is 9.55. The average Bonchev–Trinajstić information content (AvgIpc) is 3.11. The van der Waals surface area contributed by atoms with Gasteiger partial charge in [-0.2, -0.15) is 4.52 Å². The molecule has 1 aliphatic rings. The van der Waals surface area contributed by atoms with Crippen LogP contribution >= 0.6 is 0 Å². The fourth-order valence-corrected chi connectivity index (χ4v) is 3.49. The number of benzene rings is 1. The second kappa shape index (κ2) is 7.53. The predicted molar refractivity (Wildman–Crippen MR) is 104 cm³/mol. The number of carbonyl (C=O) groups excluding carboxylic acids is 1. The zero-order chi connectivity index (χ0) is 19.7. The van der Waals surface area contributed by atoms with Crippen molar-refractivity contribution in [2.24, 2.45) is 5.92 Å². The molecule has 1 N–H and O–H groups in total. The van der Waals surface area contributed by atoms with Crippen molar-refractivity contribution in [1.29, 1.82) is 0 Å². The van der Waals surface area contributed by atoms with E-state index >= 15 is 0 Å². The monoisotopic (exact) mass is 382 g/mol. The van der Waals surface area contributed by atoms with Crippen molar-refractivity contribution in [3.8, 4) is 11.4 Å². The van der Waals surface area contributed by atoms with Crippen molar-refractivity contribution in [2.45, 2.75) is 32.7 Å². The SMILES string of the molecule is CC(C)C(=O)N1CCC(Nc2ccc3nnc(-c4ccccc4F)n3n2)CC1.